The molecule has 0 aliphatic carbocycles. The second-order valence-corrected chi connectivity index (χ2v) is 8.85. The predicted octanol–water partition coefficient (Wildman–Crippen LogP) is 2.97. The van der Waals surface area contributed by atoms with Gasteiger partial charge in [0, 0.05) is 24.8 Å². The molecule has 1 aromatic heterocycles. The van der Waals surface area contributed by atoms with E-state index in [1.165, 1.54) is 22.0 Å². The molecule has 0 spiro atoms. The Labute approximate surface area is 155 Å². The van der Waals surface area contributed by atoms with Crippen LogP contribution in [0.5, 0.6) is 0 Å². The summed E-state index contributed by atoms with van der Waals surface area (Å²) < 4.78 is 1.21. The number of hydrogen-bond acceptors (Lipinski definition) is 6. The van der Waals surface area contributed by atoms with Gasteiger partial charge in [-0.1, -0.05) is 29.2 Å². The Morgan fingerprint density at radius 3 is 2.80 bits per heavy atom. The molecule has 2 saturated heterocycles. The summed E-state index contributed by atoms with van der Waals surface area (Å²) in [6.07, 6.45) is 2.39. The van der Waals surface area contributed by atoms with Gasteiger partial charge in [0.15, 0.2) is 5.13 Å². The van der Waals surface area contributed by atoms with Gasteiger partial charge in [0.05, 0.1) is 16.3 Å². The summed E-state index contributed by atoms with van der Waals surface area (Å²) in [5, 5.41) is 4.09. The quantitative estimate of drug-likeness (QED) is 0.894. The molecule has 0 radical (unpaired) electrons. The molecule has 0 saturated carbocycles. The third kappa shape index (κ3) is 3.53. The molecule has 1 unspecified atom stereocenters. The average Bonchev–Trinajstić information content (AvgIpc) is 3.21. The summed E-state index contributed by atoms with van der Waals surface area (Å²) in [5.41, 5.74) is 2.29. The number of hydrogen-bond donors (Lipinski definition) is 1. The number of anilines is 1. The summed E-state index contributed by atoms with van der Waals surface area (Å²) in [5.74, 6) is 0.867. The number of benzene rings is 1. The van der Waals surface area contributed by atoms with Gasteiger partial charge < -0.3 is 10.2 Å². The van der Waals surface area contributed by atoms with Gasteiger partial charge in [-0.15, -0.1) is 0 Å². The van der Waals surface area contributed by atoms with E-state index in [4.69, 9.17) is 4.98 Å². The molecule has 1 N–H and O–H groups in total. The van der Waals surface area contributed by atoms with Crippen LogP contribution in [0.4, 0.5) is 5.13 Å². The van der Waals surface area contributed by atoms with Crippen LogP contribution in [0.1, 0.15) is 24.8 Å². The molecule has 2 aliphatic heterocycles. The number of aromatic nitrogens is 1. The molecule has 1 amide bonds. The largest absolute Gasteiger partial charge is 0.348 e. The number of rotatable bonds is 3. The Kier molecular flexibility index (Phi) is 4.69. The van der Waals surface area contributed by atoms with E-state index >= 15 is 0 Å². The average molecular weight is 376 g/mol. The van der Waals surface area contributed by atoms with E-state index in [0.717, 1.165) is 48.8 Å². The molecule has 4 rings (SSSR count). The van der Waals surface area contributed by atoms with E-state index in [1.807, 2.05) is 0 Å². The van der Waals surface area contributed by atoms with Gasteiger partial charge in [0.1, 0.15) is 0 Å². The van der Waals surface area contributed by atoms with Gasteiger partial charge in [0.2, 0.25) is 11.0 Å². The normalized spacial score (nSPS) is 21.9. The standard InChI is InChI=1S/C18H21N3O2S2/c1-11-2-3-13-15(10-11)25-18(20-13)21-7-4-12(5-8-21)16(22)19-14-6-9-24-17(14)23/h2-3,10,12,14H,4-9H2,1H3,(H,19,22). The molecule has 25 heavy (non-hydrogen) atoms. The lowest BCUT2D eigenvalue weighted by molar-refractivity contribution is -0.128. The highest BCUT2D eigenvalue weighted by molar-refractivity contribution is 8.14. The minimum Gasteiger partial charge on any atom is -0.348 e. The first kappa shape index (κ1) is 16.8. The van der Waals surface area contributed by atoms with Crippen LogP contribution in [0.2, 0.25) is 0 Å². The van der Waals surface area contributed by atoms with Gasteiger partial charge in [-0.2, -0.15) is 0 Å². The van der Waals surface area contributed by atoms with Crippen molar-refractivity contribution in [1.29, 1.82) is 0 Å². The van der Waals surface area contributed by atoms with Crippen molar-refractivity contribution in [2.24, 2.45) is 5.92 Å². The van der Waals surface area contributed by atoms with Gasteiger partial charge in [-0.3, -0.25) is 9.59 Å². The Balaban J connectivity index is 1.37. The molecular weight excluding hydrogens is 354 g/mol. The lowest BCUT2D eigenvalue weighted by Gasteiger charge is -2.31. The molecule has 2 aromatic rings. The molecule has 1 aromatic carbocycles. The third-order valence-electron chi connectivity index (χ3n) is 4.92. The summed E-state index contributed by atoms with van der Waals surface area (Å²) in [7, 11) is 0. The van der Waals surface area contributed by atoms with Crippen LogP contribution < -0.4 is 10.2 Å². The number of piperidine rings is 1. The topological polar surface area (TPSA) is 62.3 Å². The van der Waals surface area contributed by atoms with Crippen LogP contribution in [0.25, 0.3) is 10.2 Å². The predicted molar refractivity (Wildman–Crippen MR) is 103 cm³/mol. The number of carbonyl (C=O) groups excluding carboxylic acids is 2. The number of carbonyl (C=O) groups is 2. The number of aryl methyl sites for hydroxylation is 1. The lowest BCUT2D eigenvalue weighted by Crippen LogP contribution is -2.45. The lowest BCUT2D eigenvalue weighted by atomic mass is 9.96. The number of nitrogens with one attached hydrogen (secondary N) is 1. The Morgan fingerprint density at radius 1 is 1.28 bits per heavy atom. The SMILES string of the molecule is Cc1ccc2nc(N3CCC(C(=O)NC4CCSC4=O)CC3)sc2c1. The number of thioether (sulfide) groups is 1. The molecule has 7 heteroatoms. The molecule has 5 nitrogen and oxygen atoms in total. The van der Waals surface area contributed by atoms with Crippen LogP contribution in [0, 0.1) is 12.8 Å². The first-order valence-corrected chi connectivity index (χ1v) is 10.5. The van der Waals surface area contributed by atoms with E-state index in [2.05, 4.69) is 35.3 Å². The highest BCUT2D eigenvalue weighted by Gasteiger charge is 2.31. The van der Waals surface area contributed by atoms with Crippen LogP contribution in [-0.4, -0.2) is 40.9 Å². The molecule has 132 valence electrons. The summed E-state index contributed by atoms with van der Waals surface area (Å²) in [6, 6.07) is 6.06. The zero-order valence-electron chi connectivity index (χ0n) is 14.2. The van der Waals surface area contributed by atoms with Crippen molar-refractivity contribution >= 4 is 49.5 Å². The maximum atomic E-state index is 12.4. The number of thiazole rings is 1. The Hall–Kier alpha value is -1.60. The number of amides is 1. The van der Waals surface area contributed by atoms with E-state index < -0.39 is 0 Å². The molecule has 2 aliphatic rings. The fourth-order valence-electron chi connectivity index (χ4n) is 3.40. The molecular formula is C18H21N3O2S2. The van der Waals surface area contributed by atoms with Crippen LogP contribution in [0.15, 0.2) is 18.2 Å². The van der Waals surface area contributed by atoms with Crippen LogP contribution >= 0.6 is 23.1 Å². The second kappa shape index (κ2) is 6.96. The molecule has 3 heterocycles. The van der Waals surface area contributed by atoms with Crippen molar-refractivity contribution in [1.82, 2.24) is 10.3 Å². The van der Waals surface area contributed by atoms with Crippen molar-refractivity contribution in [2.75, 3.05) is 23.7 Å². The first-order valence-electron chi connectivity index (χ1n) is 8.69. The first-order chi connectivity index (χ1) is 12.1. The van der Waals surface area contributed by atoms with Gasteiger partial charge >= 0.3 is 0 Å². The monoisotopic (exact) mass is 375 g/mol. The molecule has 2 fully saturated rings. The maximum absolute atomic E-state index is 12.4. The fraction of sp³-hybridized carbons (Fsp3) is 0.500. The van der Waals surface area contributed by atoms with Crippen molar-refractivity contribution in [2.45, 2.75) is 32.2 Å². The summed E-state index contributed by atoms with van der Waals surface area (Å²) >= 11 is 3.05. The van der Waals surface area contributed by atoms with E-state index in [9.17, 15) is 9.59 Å². The van der Waals surface area contributed by atoms with Crippen molar-refractivity contribution in [3.05, 3.63) is 23.8 Å². The minimum absolute atomic E-state index is 0.00581. The zero-order valence-corrected chi connectivity index (χ0v) is 15.8. The molecule has 0 bridgehead atoms. The fourth-order valence-corrected chi connectivity index (χ4v) is 5.45. The Morgan fingerprint density at radius 2 is 2.08 bits per heavy atom. The maximum Gasteiger partial charge on any atom is 0.223 e. The van der Waals surface area contributed by atoms with Crippen molar-refractivity contribution < 1.29 is 9.59 Å². The van der Waals surface area contributed by atoms with Gasteiger partial charge in [0.25, 0.3) is 0 Å². The molecule has 1 atom stereocenters. The second-order valence-electron chi connectivity index (χ2n) is 6.75. The Bertz CT molecular complexity index is 812. The zero-order chi connectivity index (χ0) is 17.4. The van der Waals surface area contributed by atoms with Gasteiger partial charge in [-0.25, -0.2) is 4.98 Å². The number of fused-ring (bicyclic) bond motifs is 1. The van der Waals surface area contributed by atoms with Crippen LogP contribution in [-0.2, 0) is 9.59 Å². The van der Waals surface area contributed by atoms with Crippen molar-refractivity contribution in [3.63, 3.8) is 0 Å². The smallest absolute Gasteiger partial charge is 0.223 e. The summed E-state index contributed by atoms with van der Waals surface area (Å²) in [6.45, 7) is 3.77. The number of nitrogens with zero attached hydrogens (tertiary/aromatic N) is 2. The van der Waals surface area contributed by atoms with E-state index in [0.29, 0.717) is 0 Å². The summed E-state index contributed by atoms with van der Waals surface area (Å²) in [4.78, 5) is 31.1. The third-order valence-corrected chi connectivity index (χ3v) is 7.01. The van der Waals surface area contributed by atoms with Gasteiger partial charge in [-0.05, 0) is 43.9 Å². The van der Waals surface area contributed by atoms with Crippen LogP contribution in [0.3, 0.4) is 0 Å². The highest BCUT2D eigenvalue weighted by Crippen LogP contribution is 2.32. The van der Waals surface area contributed by atoms with E-state index in [1.54, 1.807) is 11.3 Å². The minimum atomic E-state index is -0.275. The highest BCUT2D eigenvalue weighted by atomic mass is 32.2. The van der Waals surface area contributed by atoms with E-state index in [-0.39, 0.29) is 23.0 Å². The van der Waals surface area contributed by atoms with Crippen molar-refractivity contribution in [3.8, 4) is 0 Å².